The van der Waals surface area contributed by atoms with Crippen LogP contribution in [0.15, 0.2) is 48.5 Å². The molecule has 2 aromatic rings. The molecular formula is C58H94CaO14S2. The summed E-state index contributed by atoms with van der Waals surface area (Å²) in [7, 11) is -8.71. The third kappa shape index (κ3) is 43.0. The SMILES string of the molecule is CCCCCCCCCCCCCCCCCCOC(=O)c1ccccc1C(=O)OCCCS(=O)(=O)[O-].CCCCCCCCCCCCCCCCCCOC(=O)c1ccccc1C(=O)OCCCS(=O)(=O)[O-].[Ca+2]. The normalized spacial score (nSPS) is 11.3. The maximum Gasteiger partial charge on any atom is 2.00 e. The first kappa shape index (κ1) is 72.4. The first-order valence-electron chi connectivity index (χ1n) is 28.4. The maximum absolute atomic E-state index is 12.4. The summed E-state index contributed by atoms with van der Waals surface area (Å²) in [5.41, 5.74) is 0.342. The Morgan fingerprint density at radius 1 is 0.320 bits per heavy atom. The Morgan fingerprint density at radius 3 is 0.680 bits per heavy atom. The van der Waals surface area contributed by atoms with E-state index in [-0.39, 0.29) is 86.0 Å². The van der Waals surface area contributed by atoms with Gasteiger partial charge in [-0.1, -0.05) is 231 Å². The van der Waals surface area contributed by atoms with Crippen molar-refractivity contribution in [1.82, 2.24) is 0 Å². The average molecular weight is 1120 g/mol. The molecule has 0 saturated heterocycles. The molecule has 0 heterocycles. The molecule has 75 heavy (non-hydrogen) atoms. The molecule has 0 aliphatic heterocycles. The van der Waals surface area contributed by atoms with Gasteiger partial charge in [-0.25, -0.2) is 36.0 Å². The fourth-order valence-electron chi connectivity index (χ4n) is 8.42. The molecule has 0 bridgehead atoms. The van der Waals surface area contributed by atoms with E-state index in [9.17, 15) is 45.1 Å². The monoisotopic (exact) mass is 1120 g/mol. The smallest absolute Gasteiger partial charge is 0.748 e. The second-order valence-electron chi connectivity index (χ2n) is 19.5. The van der Waals surface area contributed by atoms with Gasteiger partial charge in [0.1, 0.15) is 0 Å². The quantitative estimate of drug-likeness (QED) is 0.0198. The van der Waals surface area contributed by atoms with Gasteiger partial charge >= 0.3 is 61.6 Å². The largest absolute Gasteiger partial charge is 2.00 e. The van der Waals surface area contributed by atoms with Gasteiger partial charge < -0.3 is 28.1 Å². The second kappa shape index (κ2) is 48.5. The molecule has 0 unspecified atom stereocenters. The van der Waals surface area contributed by atoms with Gasteiger partial charge in [-0.2, -0.15) is 0 Å². The van der Waals surface area contributed by atoms with E-state index in [0.717, 1.165) is 38.5 Å². The molecule has 2 rings (SSSR count). The molecular weight excluding hydrogens is 1020 g/mol. The Labute approximate surface area is 483 Å². The van der Waals surface area contributed by atoms with Crippen LogP contribution in [0.3, 0.4) is 0 Å². The summed E-state index contributed by atoms with van der Waals surface area (Å²) in [5.74, 6) is -3.89. The van der Waals surface area contributed by atoms with E-state index in [4.69, 9.17) is 18.9 Å². The zero-order chi connectivity index (χ0) is 54.4. The van der Waals surface area contributed by atoms with Crippen LogP contribution in [0.4, 0.5) is 0 Å². The summed E-state index contributed by atoms with van der Waals surface area (Å²) in [4.78, 5) is 49.4. The number of carbonyl (C=O) groups excluding carboxylic acids is 4. The fraction of sp³-hybridized carbons (Fsp3) is 0.724. The third-order valence-electron chi connectivity index (χ3n) is 12.7. The van der Waals surface area contributed by atoms with E-state index in [1.54, 1.807) is 24.3 Å². The van der Waals surface area contributed by atoms with E-state index >= 15 is 0 Å². The first-order valence-corrected chi connectivity index (χ1v) is 31.6. The van der Waals surface area contributed by atoms with Crippen LogP contribution in [0.1, 0.15) is 274 Å². The predicted octanol–water partition coefficient (Wildman–Crippen LogP) is 14.0. The summed E-state index contributed by atoms with van der Waals surface area (Å²) >= 11 is 0. The van der Waals surface area contributed by atoms with Gasteiger partial charge in [-0.3, -0.25) is 0 Å². The molecule has 0 N–H and O–H groups in total. The van der Waals surface area contributed by atoms with E-state index in [0.29, 0.717) is 13.2 Å². The molecule has 2 aromatic carbocycles. The van der Waals surface area contributed by atoms with Crippen molar-refractivity contribution in [2.45, 2.75) is 232 Å². The molecule has 0 spiro atoms. The number of benzene rings is 2. The van der Waals surface area contributed by atoms with Crippen molar-refractivity contribution >= 4 is 81.9 Å². The summed E-state index contributed by atoms with van der Waals surface area (Å²) in [6, 6.07) is 12.4. The van der Waals surface area contributed by atoms with E-state index < -0.39 is 55.6 Å². The van der Waals surface area contributed by atoms with Gasteiger partial charge in [0.2, 0.25) is 0 Å². The third-order valence-corrected chi connectivity index (χ3v) is 14.3. The molecule has 0 aliphatic rings. The van der Waals surface area contributed by atoms with Gasteiger partial charge in [0.15, 0.2) is 0 Å². The van der Waals surface area contributed by atoms with Crippen LogP contribution in [-0.4, -0.2) is 125 Å². The molecule has 0 aliphatic carbocycles. The van der Waals surface area contributed by atoms with Crippen molar-refractivity contribution in [3.05, 3.63) is 70.8 Å². The van der Waals surface area contributed by atoms with E-state index in [1.807, 2.05) is 0 Å². The summed E-state index contributed by atoms with van der Waals surface area (Å²) in [5, 5.41) is 0. The van der Waals surface area contributed by atoms with E-state index in [2.05, 4.69) is 13.8 Å². The predicted molar refractivity (Wildman–Crippen MR) is 297 cm³/mol. The number of unbranched alkanes of at least 4 members (excludes halogenated alkanes) is 30. The van der Waals surface area contributed by atoms with Crippen LogP contribution in [0, 0.1) is 0 Å². The molecule has 17 heteroatoms. The number of rotatable bonds is 46. The minimum Gasteiger partial charge on any atom is -0.748 e. The van der Waals surface area contributed by atoms with Gasteiger partial charge in [-0.15, -0.1) is 0 Å². The van der Waals surface area contributed by atoms with E-state index in [1.165, 1.54) is 191 Å². The van der Waals surface area contributed by atoms with Crippen molar-refractivity contribution in [3.63, 3.8) is 0 Å². The van der Waals surface area contributed by atoms with Gasteiger partial charge in [0.05, 0.1) is 68.9 Å². The first-order chi connectivity index (χ1) is 35.7. The Balaban J connectivity index is 0.00000144. The molecule has 0 atom stereocenters. The molecule has 0 fully saturated rings. The standard InChI is InChI=1S/2C29H48O7S.Ca/c2*1-2-3-4-5-6-7-8-9-10-11-12-13-14-15-16-19-23-35-28(30)26-21-17-18-22-27(26)29(31)36-24-20-25-37(32,33)34;/h2*17-18,21-22H,2-16,19-20,23-25H2,1H3,(H,32,33,34);/q;;+2/p-2. The van der Waals surface area contributed by atoms with Crippen molar-refractivity contribution < 1.29 is 64.1 Å². The number of carbonyl (C=O) groups is 4. The van der Waals surface area contributed by atoms with Crippen molar-refractivity contribution in [3.8, 4) is 0 Å². The summed E-state index contributed by atoms with van der Waals surface area (Å²) in [6.45, 7) is 4.66. The molecule has 0 saturated carbocycles. The number of ether oxygens (including phenoxy) is 4. The minimum atomic E-state index is -4.35. The number of hydrogen-bond acceptors (Lipinski definition) is 14. The zero-order valence-corrected chi connectivity index (χ0v) is 50.0. The Bertz CT molecular complexity index is 1850. The molecule has 0 aromatic heterocycles. The van der Waals surface area contributed by atoms with Crippen LogP contribution in [0.5, 0.6) is 0 Å². The van der Waals surface area contributed by atoms with Crippen LogP contribution < -0.4 is 0 Å². The van der Waals surface area contributed by atoms with Crippen LogP contribution in [-0.2, 0) is 39.2 Å². The second-order valence-corrected chi connectivity index (χ2v) is 22.5. The number of esters is 4. The maximum atomic E-state index is 12.4. The van der Waals surface area contributed by atoms with Crippen molar-refractivity contribution in [2.24, 2.45) is 0 Å². The minimum absolute atomic E-state index is 0. The van der Waals surface area contributed by atoms with Crippen molar-refractivity contribution in [2.75, 3.05) is 37.9 Å². The molecule has 424 valence electrons. The molecule has 14 nitrogen and oxygen atoms in total. The Kier molecular flexibility index (Phi) is 46.8. The topological polar surface area (TPSA) is 220 Å². The van der Waals surface area contributed by atoms with Crippen LogP contribution >= 0.6 is 0 Å². The summed E-state index contributed by atoms with van der Waals surface area (Å²) < 4.78 is 84.5. The van der Waals surface area contributed by atoms with Crippen molar-refractivity contribution in [1.29, 1.82) is 0 Å². The fourth-order valence-corrected chi connectivity index (χ4v) is 9.36. The number of hydrogen-bond donors (Lipinski definition) is 0. The zero-order valence-electron chi connectivity index (χ0n) is 46.1. The van der Waals surface area contributed by atoms with Gasteiger partial charge in [0.25, 0.3) is 0 Å². The average Bonchev–Trinajstić information content (AvgIpc) is 3.37. The Morgan fingerprint density at radius 2 is 0.493 bits per heavy atom. The summed E-state index contributed by atoms with van der Waals surface area (Å²) in [6.07, 6.45) is 40.5. The molecule has 0 amide bonds. The van der Waals surface area contributed by atoms with Gasteiger partial charge in [-0.05, 0) is 49.9 Å². The Hall–Kier alpha value is -2.60. The van der Waals surface area contributed by atoms with Crippen LogP contribution in [0.25, 0.3) is 0 Å². The van der Waals surface area contributed by atoms with Gasteiger partial charge in [0, 0.05) is 11.5 Å². The van der Waals surface area contributed by atoms with Crippen LogP contribution in [0.2, 0.25) is 0 Å². The molecule has 0 radical (unpaired) electrons.